The molecule has 0 spiro atoms. The lowest BCUT2D eigenvalue weighted by Crippen LogP contribution is -2.39. The summed E-state index contributed by atoms with van der Waals surface area (Å²) in [4.78, 5) is 11.5. The molecular formula is C28H25Cl2N3O4S. The first-order chi connectivity index (χ1) is 18.2. The molecule has 0 radical (unpaired) electrons. The maximum absolute atomic E-state index is 13.7. The van der Waals surface area contributed by atoms with Gasteiger partial charge in [0.1, 0.15) is 0 Å². The number of hydrogen-bond acceptors (Lipinski definition) is 4. The van der Waals surface area contributed by atoms with E-state index in [2.05, 4.69) is 0 Å². The normalized spacial score (nSPS) is 16.4. The van der Waals surface area contributed by atoms with Crippen molar-refractivity contribution in [3.8, 4) is 11.3 Å². The molecule has 5 rings (SSSR count). The predicted octanol–water partition coefficient (Wildman–Crippen LogP) is 6.52. The van der Waals surface area contributed by atoms with Crippen LogP contribution in [0.15, 0.2) is 83.8 Å². The molecule has 1 aliphatic rings. The zero-order valence-electron chi connectivity index (χ0n) is 20.3. The van der Waals surface area contributed by atoms with E-state index in [9.17, 15) is 18.3 Å². The molecule has 0 saturated carbocycles. The quantitative estimate of drug-likeness (QED) is 0.273. The first-order valence-corrected chi connectivity index (χ1v) is 14.4. The number of piperidine rings is 1. The summed E-state index contributed by atoms with van der Waals surface area (Å²) in [5, 5.41) is 15.0. The van der Waals surface area contributed by atoms with Crippen LogP contribution in [0.5, 0.6) is 0 Å². The largest absolute Gasteiger partial charge is 0.478 e. The molecule has 0 amide bonds. The van der Waals surface area contributed by atoms with Crippen LogP contribution in [-0.4, -0.2) is 40.1 Å². The smallest absolute Gasteiger partial charge is 0.335 e. The summed E-state index contributed by atoms with van der Waals surface area (Å²) < 4.78 is 30.8. The van der Waals surface area contributed by atoms with Gasteiger partial charge in [-0.3, -0.25) is 4.68 Å². The summed E-state index contributed by atoms with van der Waals surface area (Å²) in [6.45, 7) is 0.734. The summed E-state index contributed by atoms with van der Waals surface area (Å²) >= 11 is 12.5. The van der Waals surface area contributed by atoms with Crippen LogP contribution < -0.4 is 0 Å². The number of carbonyl (C=O) groups is 1. The second-order valence-electron chi connectivity index (χ2n) is 9.21. The van der Waals surface area contributed by atoms with Crippen LogP contribution in [0, 0.1) is 0 Å². The van der Waals surface area contributed by atoms with Gasteiger partial charge in [0.05, 0.1) is 34.4 Å². The van der Waals surface area contributed by atoms with E-state index < -0.39 is 22.0 Å². The number of rotatable bonds is 7. The number of carboxylic acids is 1. The zero-order valence-corrected chi connectivity index (χ0v) is 22.6. The number of aromatic carboxylic acids is 1. The molecule has 1 fully saturated rings. The monoisotopic (exact) mass is 569 g/mol. The van der Waals surface area contributed by atoms with Crippen molar-refractivity contribution in [2.75, 3.05) is 6.54 Å². The third kappa shape index (κ3) is 5.49. The molecule has 1 saturated heterocycles. The molecule has 3 aromatic carbocycles. The molecule has 1 unspecified atom stereocenters. The number of halogens is 2. The van der Waals surface area contributed by atoms with Crippen molar-refractivity contribution < 1.29 is 18.3 Å². The zero-order chi connectivity index (χ0) is 26.9. The van der Waals surface area contributed by atoms with Crippen molar-refractivity contribution in [2.45, 2.75) is 36.7 Å². The van der Waals surface area contributed by atoms with E-state index in [-0.39, 0.29) is 10.5 Å². The lowest BCUT2D eigenvalue weighted by atomic mass is 10.0. The fourth-order valence-electron chi connectivity index (χ4n) is 4.81. The highest BCUT2D eigenvalue weighted by atomic mass is 35.5. The Morgan fingerprint density at radius 1 is 0.947 bits per heavy atom. The van der Waals surface area contributed by atoms with Crippen LogP contribution in [0.3, 0.4) is 0 Å². The van der Waals surface area contributed by atoms with E-state index in [1.54, 1.807) is 81.8 Å². The molecule has 0 aliphatic carbocycles. The van der Waals surface area contributed by atoms with Gasteiger partial charge in [-0.05, 0) is 66.9 Å². The van der Waals surface area contributed by atoms with Gasteiger partial charge in [-0.15, -0.1) is 0 Å². The van der Waals surface area contributed by atoms with Gasteiger partial charge < -0.3 is 5.11 Å². The second kappa shape index (κ2) is 10.9. The second-order valence-corrected chi connectivity index (χ2v) is 12.0. The lowest BCUT2D eigenvalue weighted by Gasteiger charge is -2.35. The Balaban J connectivity index is 1.59. The van der Waals surface area contributed by atoms with E-state index in [0.717, 1.165) is 29.7 Å². The minimum atomic E-state index is -3.75. The highest BCUT2D eigenvalue weighted by Crippen LogP contribution is 2.38. The third-order valence-electron chi connectivity index (χ3n) is 6.65. The third-order valence-corrected chi connectivity index (χ3v) is 9.01. The molecule has 7 nitrogen and oxygen atoms in total. The standard InChI is InChI=1S/C28H25Cl2N3O4S/c29-22-14-21(15-23(30)16-22)25-17-27(32(31-25)18-19-9-11-20(12-10-19)28(34)35)26-8-4-5-13-33(26)38(36,37)24-6-2-1-3-7-24/h1-3,6-7,9-12,14-17,26H,4-5,8,13,18H2,(H,34,35). The first kappa shape index (κ1) is 26.4. The van der Waals surface area contributed by atoms with Crippen molar-refractivity contribution in [2.24, 2.45) is 0 Å². The molecule has 1 aromatic heterocycles. The van der Waals surface area contributed by atoms with Crippen LogP contribution in [0.1, 0.15) is 46.9 Å². The van der Waals surface area contributed by atoms with Gasteiger partial charge in [0.25, 0.3) is 0 Å². The number of carboxylic acid groups (broad SMARTS) is 1. The Kier molecular flexibility index (Phi) is 7.59. The van der Waals surface area contributed by atoms with Crippen molar-refractivity contribution in [3.05, 3.63) is 106 Å². The molecule has 0 bridgehead atoms. The Labute approximate surface area is 231 Å². The lowest BCUT2D eigenvalue weighted by molar-refractivity contribution is 0.0697. The van der Waals surface area contributed by atoms with Crippen LogP contribution in [0.4, 0.5) is 0 Å². The molecule has 2 heterocycles. The molecule has 196 valence electrons. The average Bonchev–Trinajstić information content (AvgIpc) is 3.32. The van der Waals surface area contributed by atoms with Crippen LogP contribution in [-0.2, 0) is 16.6 Å². The van der Waals surface area contributed by atoms with Gasteiger partial charge >= 0.3 is 5.97 Å². The van der Waals surface area contributed by atoms with Gasteiger partial charge in [0.15, 0.2) is 0 Å². The van der Waals surface area contributed by atoms with Gasteiger partial charge in [0.2, 0.25) is 10.0 Å². The average molecular weight is 570 g/mol. The van der Waals surface area contributed by atoms with E-state index in [0.29, 0.717) is 35.2 Å². The van der Waals surface area contributed by atoms with Gasteiger partial charge in [0, 0.05) is 22.2 Å². The van der Waals surface area contributed by atoms with Crippen LogP contribution in [0.25, 0.3) is 11.3 Å². The number of benzene rings is 3. The van der Waals surface area contributed by atoms with E-state index in [1.165, 1.54) is 0 Å². The Bertz CT molecular complexity index is 1550. The molecule has 4 aromatic rings. The van der Waals surface area contributed by atoms with Crippen LogP contribution in [0.2, 0.25) is 10.0 Å². The Morgan fingerprint density at radius 2 is 1.63 bits per heavy atom. The topological polar surface area (TPSA) is 92.5 Å². The Morgan fingerprint density at radius 3 is 2.29 bits per heavy atom. The van der Waals surface area contributed by atoms with Gasteiger partial charge in [-0.2, -0.15) is 9.40 Å². The van der Waals surface area contributed by atoms with E-state index in [1.807, 2.05) is 6.07 Å². The van der Waals surface area contributed by atoms with Crippen molar-refractivity contribution in [3.63, 3.8) is 0 Å². The predicted molar refractivity (Wildman–Crippen MR) is 147 cm³/mol. The fraction of sp³-hybridized carbons (Fsp3) is 0.214. The molecule has 10 heteroatoms. The summed E-state index contributed by atoms with van der Waals surface area (Å²) in [5.74, 6) is -1.000. The summed E-state index contributed by atoms with van der Waals surface area (Å²) in [6, 6.07) is 21.7. The minimum absolute atomic E-state index is 0.191. The summed E-state index contributed by atoms with van der Waals surface area (Å²) in [6.07, 6.45) is 2.29. The molecule has 1 atom stereocenters. The van der Waals surface area contributed by atoms with E-state index in [4.69, 9.17) is 28.3 Å². The first-order valence-electron chi connectivity index (χ1n) is 12.2. The van der Waals surface area contributed by atoms with Gasteiger partial charge in [-0.1, -0.05) is 60.0 Å². The number of sulfonamides is 1. The highest BCUT2D eigenvalue weighted by Gasteiger charge is 2.36. The van der Waals surface area contributed by atoms with E-state index >= 15 is 0 Å². The molecule has 38 heavy (non-hydrogen) atoms. The van der Waals surface area contributed by atoms with Gasteiger partial charge in [-0.25, -0.2) is 13.2 Å². The summed E-state index contributed by atoms with van der Waals surface area (Å²) in [7, 11) is -3.75. The molecular weight excluding hydrogens is 545 g/mol. The SMILES string of the molecule is O=C(O)c1ccc(Cn2nc(-c3cc(Cl)cc(Cl)c3)cc2C2CCCCN2S(=O)(=O)c2ccccc2)cc1. The molecule has 1 N–H and O–H groups in total. The Hall–Kier alpha value is -3.17. The van der Waals surface area contributed by atoms with Crippen molar-refractivity contribution >= 4 is 39.2 Å². The molecule has 1 aliphatic heterocycles. The maximum atomic E-state index is 13.7. The number of nitrogens with zero attached hydrogens (tertiary/aromatic N) is 3. The minimum Gasteiger partial charge on any atom is -0.478 e. The van der Waals surface area contributed by atoms with Crippen molar-refractivity contribution in [1.82, 2.24) is 14.1 Å². The maximum Gasteiger partial charge on any atom is 0.335 e. The highest BCUT2D eigenvalue weighted by molar-refractivity contribution is 7.89. The van der Waals surface area contributed by atoms with Crippen LogP contribution >= 0.6 is 23.2 Å². The van der Waals surface area contributed by atoms with Crippen molar-refractivity contribution in [1.29, 1.82) is 0 Å². The summed E-state index contributed by atoms with van der Waals surface area (Å²) in [5.41, 5.74) is 3.11. The number of hydrogen-bond donors (Lipinski definition) is 1. The number of aromatic nitrogens is 2. The fourth-order valence-corrected chi connectivity index (χ4v) is 7.03.